The standard InChI is InChI=1S/C12H16F3N3/c1-8-7-17-11(6-10(8)16)18-4-2-9(3-5-18)12(13,14)15/h6-7,9H,2-5H2,1H3,(H2,16,17). The van der Waals surface area contributed by atoms with E-state index in [1.165, 1.54) is 0 Å². The molecule has 0 unspecified atom stereocenters. The van der Waals surface area contributed by atoms with Crippen LogP contribution in [0.2, 0.25) is 0 Å². The van der Waals surface area contributed by atoms with Crippen LogP contribution in [0, 0.1) is 12.8 Å². The van der Waals surface area contributed by atoms with Gasteiger partial charge < -0.3 is 10.6 Å². The van der Waals surface area contributed by atoms with Gasteiger partial charge in [-0.3, -0.25) is 0 Å². The van der Waals surface area contributed by atoms with Crippen molar-refractivity contribution in [2.75, 3.05) is 23.7 Å². The second-order valence-electron chi connectivity index (χ2n) is 4.70. The highest BCUT2D eigenvalue weighted by molar-refractivity contribution is 5.54. The SMILES string of the molecule is Cc1cnc(N2CCC(C(F)(F)F)CC2)cc1N. The molecule has 1 aromatic heterocycles. The zero-order chi connectivity index (χ0) is 13.3. The van der Waals surface area contributed by atoms with Gasteiger partial charge in [-0.15, -0.1) is 0 Å². The van der Waals surface area contributed by atoms with Crippen LogP contribution in [0.1, 0.15) is 18.4 Å². The molecule has 0 spiro atoms. The Morgan fingerprint density at radius 3 is 2.44 bits per heavy atom. The third kappa shape index (κ3) is 2.68. The minimum atomic E-state index is -4.08. The number of nitrogen functional groups attached to an aromatic ring is 1. The lowest BCUT2D eigenvalue weighted by atomic mass is 9.96. The van der Waals surface area contributed by atoms with Crippen LogP contribution in [0.15, 0.2) is 12.3 Å². The predicted molar refractivity (Wildman–Crippen MR) is 64.4 cm³/mol. The molecule has 2 N–H and O–H groups in total. The maximum Gasteiger partial charge on any atom is 0.391 e. The van der Waals surface area contributed by atoms with Gasteiger partial charge in [0.1, 0.15) is 5.82 Å². The highest BCUT2D eigenvalue weighted by atomic mass is 19.4. The molecular formula is C12H16F3N3. The van der Waals surface area contributed by atoms with Crippen molar-refractivity contribution in [3.8, 4) is 0 Å². The number of nitrogens with zero attached hydrogens (tertiary/aromatic N) is 2. The van der Waals surface area contributed by atoms with E-state index in [9.17, 15) is 13.2 Å². The molecular weight excluding hydrogens is 243 g/mol. The Bertz CT molecular complexity index is 423. The van der Waals surface area contributed by atoms with Crippen LogP contribution in [0.4, 0.5) is 24.7 Å². The van der Waals surface area contributed by atoms with Crippen molar-refractivity contribution in [1.82, 2.24) is 4.98 Å². The molecule has 1 aliphatic heterocycles. The molecule has 0 saturated carbocycles. The average molecular weight is 259 g/mol. The van der Waals surface area contributed by atoms with Gasteiger partial charge in [-0.2, -0.15) is 13.2 Å². The average Bonchev–Trinajstić information content (AvgIpc) is 2.32. The normalized spacial score (nSPS) is 18.1. The van der Waals surface area contributed by atoms with E-state index in [4.69, 9.17) is 5.73 Å². The summed E-state index contributed by atoms with van der Waals surface area (Å²) in [7, 11) is 0. The molecule has 18 heavy (non-hydrogen) atoms. The second-order valence-corrected chi connectivity index (χ2v) is 4.70. The zero-order valence-electron chi connectivity index (χ0n) is 10.2. The van der Waals surface area contributed by atoms with Gasteiger partial charge in [-0.05, 0) is 25.3 Å². The molecule has 1 aliphatic rings. The summed E-state index contributed by atoms with van der Waals surface area (Å²) < 4.78 is 37.6. The molecule has 3 nitrogen and oxygen atoms in total. The molecule has 6 heteroatoms. The Labute approximate surface area is 104 Å². The lowest BCUT2D eigenvalue weighted by molar-refractivity contribution is -0.179. The molecule has 1 saturated heterocycles. The van der Waals surface area contributed by atoms with Crippen LogP contribution >= 0.6 is 0 Å². The van der Waals surface area contributed by atoms with Crippen molar-refractivity contribution < 1.29 is 13.2 Å². The monoisotopic (exact) mass is 259 g/mol. The molecule has 0 aliphatic carbocycles. The number of anilines is 2. The van der Waals surface area contributed by atoms with E-state index in [0.717, 1.165) is 5.56 Å². The van der Waals surface area contributed by atoms with E-state index in [-0.39, 0.29) is 12.8 Å². The first-order chi connectivity index (χ1) is 8.38. The Balaban J connectivity index is 2.03. The van der Waals surface area contributed by atoms with Crippen LogP contribution in [0.3, 0.4) is 0 Å². The molecule has 2 rings (SSSR count). The highest BCUT2D eigenvalue weighted by Gasteiger charge is 2.41. The van der Waals surface area contributed by atoms with Gasteiger partial charge in [-0.25, -0.2) is 4.98 Å². The Morgan fingerprint density at radius 2 is 1.94 bits per heavy atom. The van der Waals surface area contributed by atoms with Crippen molar-refractivity contribution in [2.24, 2.45) is 5.92 Å². The fourth-order valence-corrected chi connectivity index (χ4v) is 2.14. The van der Waals surface area contributed by atoms with E-state index in [1.807, 2.05) is 11.8 Å². The van der Waals surface area contributed by atoms with Crippen molar-refractivity contribution >= 4 is 11.5 Å². The van der Waals surface area contributed by atoms with Crippen LogP contribution in [0.25, 0.3) is 0 Å². The van der Waals surface area contributed by atoms with Gasteiger partial charge in [0.05, 0.1) is 5.92 Å². The minimum Gasteiger partial charge on any atom is -0.398 e. The number of alkyl halides is 3. The molecule has 100 valence electrons. The van der Waals surface area contributed by atoms with Crippen LogP contribution in [-0.4, -0.2) is 24.2 Å². The first kappa shape index (κ1) is 13.0. The number of aryl methyl sites for hydroxylation is 1. The Morgan fingerprint density at radius 1 is 1.33 bits per heavy atom. The summed E-state index contributed by atoms with van der Waals surface area (Å²) in [6, 6.07) is 1.73. The van der Waals surface area contributed by atoms with Gasteiger partial charge in [0, 0.05) is 31.0 Å². The lowest BCUT2D eigenvalue weighted by Crippen LogP contribution is -2.39. The summed E-state index contributed by atoms with van der Waals surface area (Å²) in [5, 5.41) is 0. The summed E-state index contributed by atoms with van der Waals surface area (Å²) in [6.45, 7) is 2.60. The van der Waals surface area contributed by atoms with Gasteiger partial charge in [0.25, 0.3) is 0 Å². The van der Waals surface area contributed by atoms with E-state index >= 15 is 0 Å². The fraction of sp³-hybridized carbons (Fsp3) is 0.583. The largest absolute Gasteiger partial charge is 0.398 e. The molecule has 0 atom stereocenters. The first-order valence-corrected chi connectivity index (χ1v) is 5.91. The number of pyridine rings is 1. The number of piperidine rings is 1. The number of nitrogens with two attached hydrogens (primary N) is 1. The number of hydrogen-bond acceptors (Lipinski definition) is 3. The second kappa shape index (κ2) is 4.66. The smallest absolute Gasteiger partial charge is 0.391 e. The quantitative estimate of drug-likeness (QED) is 0.843. The number of aromatic nitrogens is 1. The van der Waals surface area contributed by atoms with Crippen molar-refractivity contribution in [3.05, 3.63) is 17.8 Å². The summed E-state index contributed by atoms with van der Waals surface area (Å²) in [6.07, 6.45) is -2.18. The maximum absolute atomic E-state index is 12.5. The minimum absolute atomic E-state index is 0.124. The molecule has 0 bridgehead atoms. The third-order valence-corrected chi connectivity index (χ3v) is 3.41. The number of rotatable bonds is 1. The van der Waals surface area contributed by atoms with Gasteiger partial charge in [-0.1, -0.05) is 0 Å². The van der Waals surface area contributed by atoms with Crippen molar-refractivity contribution in [2.45, 2.75) is 25.9 Å². The van der Waals surface area contributed by atoms with E-state index < -0.39 is 12.1 Å². The topological polar surface area (TPSA) is 42.2 Å². The van der Waals surface area contributed by atoms with Crippen LogP contribution in [0.5, 0.6) is 0 Å². The maximum atomic E-state index is 12.5. The molecule has 0 amide bonds. The van der Waals surface area contributed by atoms with Gasteiger partial charge in [0.2, 0.25) is 0 Å². The van der Waals surface area contributed by atoms with Crippen LogP contribution in [-0.2, 0) is 0 Å². The molecule has 1 fully saturated rings. The Hall–Kier alpha value is -1.46. The fourth-order valence-electron chi connectivity index (χ4n) is 2.14. The summed E-state index contributed by atoms with van der Waals surface area (Å²) >= 11 is 0. The van der Waals surface area contributed by atoms with Gasteiger partial charge in [0.15, 0.2) is 0 Å². The highest BCUT2D eigenvalue weighted by Crippen LogP contribution is 2.35. The van der Waals surface area contributed by atoms with E-state index in [1.54, 1.807) is 12.3 Å². The van der Waals surface area contributed by atoms with Crippen LogP contribution < -0.4 is 10.6 Å². The van der Waals surface area contributed by atoms with E-state index in [0.29, 0.717) is 24.6 Å². The molecule has 0 radical (unpaired) electrons. The molecule has 2 heterocycles. The molecule has 1 aromatic rings. The van der Waals surface area contributed by atoms with Crippen molar-refractivity contribution in [1.29, 1.82) is 0 Å². The summed E-state index contributed by atoms with van der Waals surface area (Å²) in [5.41, 5.74) is 7.28. The van der Waals surface area contributed by atoms with E-state index in [2.05, 4.69) is 4.98 Å². The summed E-state index contributed by atoms with van der Waals surface area (Å²) in [5.74, 6) is -0.518. The zero-order valence-corrected chi connectivity index (χ0v) is 10.2. The van der Waals surface area contributed by atoms with Gasteiger partial charge >= 0.3 is 6.18 Å². The van der Waals surface area contributed by atoms with Crippen molar-refractivity contribution in [3.63, 3.8) is 0 Å². The summed E-state index contributed by atoms with van der Waals surface area (Å²) in [4.78, 5) is 6.07. The third-order valence-electron chi connectivity index (χ3n) is 3.41. The number of hydrogen-bond donors (Lipinski definition) is 1. The predicted octanol–water partition coefficient (Wildman–Crippen LogP) is 2.75. The lowest BCUT2D eigenvalue weighted by Gasteiger charge is -2.33. The Kier molecular flexibility index (Phi) is 3.36. The molecule has 0 aromatic carbocycles. The first-order valence-electron chi connectivity index (χ1n) is 5.91. The number of halogens is 3.